The van der Waals surface area contributed by atoms with E-state index in [0.29, 0.717) is 16.1 Å². The van der Waals surface area contributed by atoms with Crippen molar-refractivity contribution in [2.75, 3.05) is 11.9 Å². The predicted molar refractivity (Wildman–Crippen MR) is 135 cm³/mol. The van der Waals surface area contributed by atoms with Gasteiger partial charge in [0.25, 0.3) is 0 Å². The van der Waals surface area contributed by atoms with E-state index in [9.17, 15) is 4.79 Å². The highest BCUT2D eigenvalue weighted by Crippen LogP contribution is 2.46. The van der Waals surface area contributed by atoms with E-state index in [-0.39, 0.29) is 5.78 Å². The quantitative estimate of drug-likeness (QED) is 0.289. The Kier molecular flexibility index (Phi) is 4.81. The molecule has 0 unspecified atom stereocenters. The number of para-hydroxylation sites is 1. The van der Waals surface area contributed by atoms with Crippen LogP contribution in [-0.2, 0) is 6.54 Å². The van der Waals surface area contributed by atoms with Gasteiger partial charge in [0.15, 0.2) is 5.78 Å². The number of H-pyrrole nitrogens is 1. The number of anilines is 1. The van der Waals surface area contributed by atoms with Crippen LogP contribution in [0.3, 0.4) is 0 Å². The van der Waals surface area contributed by atoms with E-state index in [2.05, 4.69) is 39.1 Å². The molecule has 6 rings (SSSR count). The van der Waals surface area contributed by atoms with Crippen molar-refractivity contribution in [3.8, 4) is 22.4 Å². The fraction of sp³-hybridized carbons (Fsp3) is 0.107. The van der Waals surface area contributed by atoms with Gasteiger partial charge in [-0.1, -0.05) is 72.3 Å². The van der Waals surface area contributed by atoms with E-state index in [4.69, 9.17) is 11.6 Å². The van der Waals surface area contributed by atoms with Crippen molar-refractivity contribution in [2.24, 2.45) is 0 Å². The molecule has 4 nitrogen and oxygen atoms in total. The summed E-state index contributed by atoms with van der Waals surface area (Å²) in [6.07, 6.45) is 3.01. The molecule has 1 aliphatic rings. The molecule has 0 radical (unpaired) electrons. The first-order valence-electron chi connectivity index (χ1n) is 11.2. The molecule has 0 saturated carbocycles. The average molecular weight is 452 g/mol. The Balaban J connectivity index is 1.73. The van der Waals surface area contributed by atoms with Gasteiger partial charge in [0.05, 0.1) is 16.3 Å². The van der Waals surface area contributed by atoms with E-state index in [1.54, 1.807) is 12.1 Å². The van der Waals surface area contributed by atoms with Crippen molar-refractivity contribution in [2.45, 2.75) is 13.0 Å². The fourth-order valence-corrected chi connectivity index (χ4v) is 5.13. The molecule has 2 N–H and O–H groups in total. The Morgan fingerprint density at radius 3 is 2.52 bits per heavy atom. The molecule has 0 atom stereocenters. The minimum Gasteiger partial charge on any atom is -0.371 e. The van der Waals surface area contributed by atoms with Crippen LogP contribution in [0.1, 0.15) is 22.3 Å². The number of nitrogens with zero attached hydrogens (tertiary/aromatic N) is 1. The molecular weight excluding hydrogens is 430 g/mol. The van der Waals surface area contributed by atoms with Crippen LogP contribution >= 0.6 is 11.6 Å². The summed E-state index contributed by atoms with van der Waals surface area (Å²) in [6, 6.07) is 25.8. The molecule has 5 heteroatoms. The summed E-state index contributed by atoms with van der Waals surface area (Å²) in [5.41, 5.74) is 6.32. The number of hydrogen-bond donors (Lipinski definition) is 2. The van der Waals surface area contributed by atoms with Gasteiger partial charge in [0, 0.05) is 46.9 Å². The zero-order chi connectivity index (χ0) is 22.4. The lowest BCUT2D eigenvalue weighted by molar-refractivity contribution is 0.104. The molecule has 33 heavy (non-hydrogen) atoms. The maximum absolute atomic E-state index is 14.1. The zero-order valence-electron chi connectivity index (χ0n) is 17.9. The number of hydrogen-bond acceptors (Lipinski definition) is 2. The van der Waals surface area contributed by atoms with Gasteiger partial charge < -0.3 is 14.9 Å². The summed E-state index contributed by atoms with van der Waals surface area (Å²) >= 11 is 6.49. The highest BCUT2D eigenvalue weighted by molar-refractivity contribution is 6.36. The van der Waals surface area contributed by atoms with Gasteiger partial charge in [-0.25, -0.2) is 0 Å². The lowest BCUT2D eigenvalue weighted by Crippen LogP contribution is -2.19. The second kappa shape index (κ2) is 7.98. The van der Waals surface area contributed by atoms with Gasteiger partial charge in [0.1, 0.15) is 5.82 Å². The molecule has 0 aliphatic carbocycles. The standard InChI is InChI=1S/C28H22ClN3O/c29-22-13-6-4-12-20(22)27(33)25-24(21-17-31-23-14-7-5-11-19(21)23)26(18-9-2-1-3-10-18)32-16-8-15-30-28(25)32/h1-7,9-14,17,30-31H,8,15-16H2. The summed E-state index contributed by atoms with van der Waals surface area (Å²) in [7, 11) is 0. The summed E-state index contributed by atoms with van der Waals surface area (Å²) in [6.45, 7) is 1.67. The lowest BCUT2D eigenvalue weighted by atomic mass is 9.93. The largest absolute Gasteiger partial charge is 0.371 e. The van der Waals surface area contributed by atoms with Gasteiger partial charge >= 0.3 is 0 Å². The van der Waals surface area contributed by atoms with Crippen LogP contribution in [0, 0.1) is 0 Å². The first kappa shape index (κ1) is 19.9. The summed E-state index contributed by atoms with van der Waals surface area (Å²) < 4.78 is 2.26. The number of benzene rings is 3. The summed E-state index contributed by atoms with van der Waals surface area (Å²) in [5, 5.41) is 5.08. The molecule has 2 aromatic heterocycles. The van der Waals surface area contributed by atoms with Gasteiger partial charge in [-0.3, -0.25) is 4.79 Å². The van der Waals surface area contributed by atoms with Crippen LogP contribution in [0.15, 0.2) is 85.1 Å². The number of carbonyl (C=O) groups excluding carboxylic acids is 1. The third kappa shape index (κ3) is 3.18. The first-order valence-corrected chi connectivity index (χ1v) is 11.5. The molecule has 0 fully saturated rings. The minimum atomic E-state index is -0.0683. The molecule has 0 bridgehead atoms. The van der Waals surface area contributed by atoms with Crippen molar-refractivity contribution in [1.29, 1.82) is 0 Å². The predicted octanol–water partition coefficient (Wildman–Crippen LogP) is 7.00. The molecule has 3 aromatic carbocycles. The Labute approximate surface area is 196 Å². The van der Waals surface area contributed by atoms with Crippen molar-refractivity contribution >= 4 is 34.1 Å². The van der Waals surface area contributed by atoms with Crippen molar-refractivity contribution in [3.05, 3.63) is 101 Å². The van der Waals surface area contributed by atoms with Crippen molar-refractivity contribution in [3.63, 3.8) is 0 Å². The number of fused-ring (bicyclic) bond motifs is 2. The monoisotopic (exact) mass is 451 g/mol. The van der Waals surface area contributed by atoms with E-state index < -0.39 is 0 Å². The molecule has 0 spiro atoms. The third-order valence-corrected chi connectivity index (χ3v) is 6.70. The molecule has 0 amide bonds. The molecular formula is C28H22ClN3O. The Morgan fingerprint density at radius 1 is 0.909 bits per heavy atom. The zero-order valence-corrected chi connectivity index (χ0v) is 18.7. The smallest absolute Gasteiger partial charge is 0.198 e. The van der Waals surface area contributed by atoms with E-state index in [0.717, 1.165) is 58.6 Å². The van der Waals surface area contributed by atoms with E-state index in [1.807, 2.05) is 48.7 Å². The number of nitrogens with one attached hydrogen (secondary N) is 2. The number of aromatic nitrogens is 2. The topological polar surface area (TPSA) is 49.8 Å². The number of halogens is 1. The van der Waals surface area contributed by atoms with Crippen LogP contribution in [0.25, 0.3) is 33.3 Å². The molecule has 1 aliphatic heterocycles. The van der Waals surface area contributed by atoms with Crippen LogP contribution in [0.4, 0.5) is 5.82 Å². The van der Waals surface area contributed by atoms with Crippen LogP contribution in [-0.4, -0.2) is 21.9 Å². The molecule has 162 valence electrons. The van der Waals surface area contributed by atoms with Gasteiger partial charge in [-0.15, -0.1) is 0 Å². The molecule has 5 aromatic rings. The van der Waals surface area contributed by atoms with Crippen molar-refractivity contribution in [1.82, 2.24) is 9.55 Å². The minimum absolute atomic E-state index is 0.0683. The van der Waals surface area contributed by atoms with Crippen LogP contribution < -0.4 is 5.32 Å². The maximum atomic E-state index is 14.1. The number of aromatic amines is 1. The lowest BCUT2D eigenvalue weighted by Gasteiger charge is -2.20. The average Bonchev–Trinajstić information content (AvgIpc) is 3.43. The molecule has 0 saturated heterocycles. The third-order valence-electron chi connectivity index (χ3n) is 6.37. The molecule has 3 heterocycles. The van der Waals surface area contributed by atoms with E-state index >= 15 is 0 Å². The summed E-state index contributed by atoms with van der Waals surface area (Å²) in [4.78, 5) is 17.5. The highest BCUT2D eigenvalue weighted by Gasteiger charge is 2.32. The Morgan fingerprint density at radius 2 is 1.67 bits per heavy atom. The second-order valence-electron chi connectivity index (χ2n) is 8.30. The Hall–Kier alpha value is -3.76. The maximum Gasteiger partial charge on any atom is 0.198 e. The Bertz CT molecular complexity index is 1500. The SMILES string of the molecule is O=C(c1ccccc1Cl)c1c(-c2c[nH]c3ccccc23)c(-c2ccccc2)n2c1NCCC2. The number of carbonyl (C=O) groups is 1. The van der Waals surface area contributed by atoms with Crippen LogP contribution in [0.2, 0.25) is 5.02 Å². The van der Waals surface area contributed by atoms with Crippen molar-refractivity contribution < 1.29 is 4.79 Å². The first-order chi connectivity index (χ1) is 16.2. The second-order valence-corrected chi connectivity index (χ2v) is 8.71. The summed E-state index contributed by atoms with van der Waals surface area (Å²) in [5.74, 6) is 0.798. The van der Waals surface area contributed by atoms with Gasteiger partial charge in [-0.2, -0.15) is 0 Å². The van der Waals surface area contributed by atoms with Crippen LogP contribution in [0.5, 0.6) is 0 Å². The fourth-order valence-electron chi connectivity index (χ4n) is 4.91. The van der Waals surface area contributed by atoms with Gasteiger partial charge in [-0.05, 0) is 30.2 Å². The highest BCUT2D eigenvalue weighted by atomic mass is 35.5. The van der Waals surface area contributed by atoms with E-state index in [1.165, 1.54) is 0 Å². The normalized spacial score (nSPS) is 13.0. The van der Waals surface area contributed by atoms with Gasteiger partial charge in [0.2, 0.25) is 0 Å². The number of rotatable bonds is 4. The number of ketones is 1.